The lowest BCUT2D eigenvalue weighted by atomic mass is 10.2. The molecule has 102 valence electrons. The Morgan fingerprint density at radius 2 is 2.05 bits per heavy atom. The molecule has 0 unspecified atom stereocenters. The SMILES string of the molecule is NC(CCl)=Nc1ccc(NC(=O)c2cccnc2)cc1. The summed E-state index contributed by atoms with van der Waals surface area (Å²) in [6.07, 6.45) is 3.13. The largest absolute Gasteiger partial charge is 0.386 e. The van der Waals surface area contributed by atoms with E-state index in [1.54, 1.807) is 42.6 Å². The number of benzene rings is 1. The summed E-state index contributed by atoms with van der Waals surface area (Å²) in [5, 5.41) is 2.77. The van der Waals surface area contributed by atoms with Gasteiger partial charge in [-0.3, -0.25) is 9.78 Å². The van der Waals surface area contributed by atoms with Gasteiger partial charge in [0.25, 0.3) is 5.91 Å². The summed E-state index contributed by atoms with van der Waals surface area (Å²) in [5.74, 6) is 0.313. The first-order chi connectivity index (χ1) is 9.69. The number of aromatic nitrogens is 1. The van der Waals surface area contributed by atoms with Gasteiger partial charge in [-0.2, -0.15) is 0 Å². The molecule has 0 fully saturated rings. The van der Waals surface area contributed by atoms with Crippen LogP contribution >= 0.6 is 11.6 Å². The van der Waals surface area contributed by atoms with Gasteiger partial charge in [0, 0.05) is 18.1 Å². The molecular formula is C14H13ClN4O. The normalized spacial score (nSPS) is 11.2. The lowest BCUT2D eigenvalue weighted by Gasteiger charge is -2.05. The number of nitrogens with two attached hydrogens (primary N) is 1. The summed E-state index contributed by atoms with van der Waals surface area (Å²) in [6, 6.07) is 10.4. The Kier molecular flexibility index (Phi) is 4.68. The number of amidine groups is 1. The Morgan fingerprint density at radius 3 is 2.65 bits per heavy atom. The van der Waals surface area contributed by atoms with Crippen molar-refractivity contribution in [2.75, 3.05) is 11.2 Å². The standard InChI is InChI=1S/C14H13ClN4O/c15-8-13(16)18-11-3-5-12(6-4-11)19-14(20)10-2-1-7-17-9-10/h1-7,9H,8H2,(H2,16,18)(H,19,20). The minimum atomic E-state index is -0.213. The fourth-order valence-electron chi connectivity index (χ4n) is 1.52. The van der Waals surface area contributed by atoms with Crippen molar-refractivity contribution in [3.63, 3.8) is 0 Å². The van der Waals surface area contributed by atoms with Gasteiger partial charge in [-0.05, 0) is 36.4 Å². The summed E-state index contributed by atoms with van der Waals surface area (Å²) in [7, 11) is 0. The van der Waals surface area contributed by atoms with E-state index in [1.807, 2.05) is 0 Å². The maximum atomic E-state index is 11.9. The molecule has 3 N–H and O–H groups in total. The molecule has 20 heavy (non-hydrogen) atoms. The first kappa shape index (κ1) is 14.0. The van der Waals surface area contributed by atoms with Crippen LogP contribution in [0.25, 0.3) is 0 Å². The average molecular weight is 289 g/mol. The molecule has 2 aromatic rings. The third-order valence-corrected chi connectivity index (χ3v) is 2.73. The zero-order valence-electron chi connectivity index (χ0n) is 10.6. The first-order valence-corrected chi connectivity index (χ1v) is 6.43. The molecule has 0 aliphatic carbocycles. The molecule has 0 aliphatic rings. The highest BCUT2D eigenvalue weighted by Crippen LogP contribution is 2.17. The van der Waals surface area contributed by atoms with Crippen molar-refractivity contribution >= 4 is 34.7 Å². The third kappa shape index (κ3) is 3.80. The quantitative estimate of drug-likeness (QED) is 0.515. The van der Waals surface area contributed by atoms with Crippen LogP contribution in [-0.4, -0.2) is 22.6 Å². The van der Waals surface area contributed by atoms with Gasteiger partial charge in [0.05, 0.1) is 17.1 Å². The number of amides is 1. The second kappa shape index (κ2) is 6.68. The Morgan fingerprint density at radius 1 is 1.30 bits per heavy atom. The molecule has 5 nitrogen and oxygen atoms in total. The lowest BCUT2D eigenvalue weighted by Crippen LogP contribution is -2.12. The number of carbonyl (C=O) groups is 1. The van der Waals surface area contributed by atoms with Crippen LogP contribution in [0.3, 0.4) is 0 Å². The van der Waals surface area contributed by atoms with Crippen molar-refractivity contribution in [2.45, 2.75) is 0 Å². The fraction of sp³-hybridized carbons (Fsp3) is 0.0714. The summed E-state index contributed by atoms with van der Waals surface area (Å²) < 4.78 is 0. The lowest BCUT2D eigenvalue weighted by molar-refractivity contribution is 0.102. The van der Waals surface area contributed by atoms with Gasteiger partial charge < -0.3 is 11.1 Å². The van der Waals surface area contributed by atoms with Crippen LogP contribution in [-0.2, 0) is 0 Å². The Bertz CT molecular complexity index is 611. The number of aliphatic imine (C=N–C) groups is 1. The van der Waals surface area contributed by atoms with E-state index in [0.29, 0.717) is 22.8 Å². The van der Waals surface area contributed by atoms with Crippen molar-refractivity contribution in [3.05, 3.63) is 54.4 Å². The summed E-state index contributed by atoms with van der Waals surface area (Å²) in [4.78, 5) is 19.9. The van der Waals surface area contributed by atoms with Crippen LogP contribution in [0.1, 0.15) is 10.4 Å². The predicted molar refractivity (Wildman–Crippen MR) is 80.6 cm³/mol. The molecule has 0 bridgehead atoms. The van der Waals surface area contributed by atoms with E-state index >= 15 is 0 Å². The first-order valence-electron chi connectivity index (χ1n) is 5.89. The smallest absolute Gasteiger partial charge is 0.257 e. The molecule has 0 saturated heterocycles. The molecule has 2 rings (SSSR count). The monoisotopic (exact) mass is 288 g/mol. The Hall–Kier alpha value is -2.40. The third-order valence-electron chi connectivity index (χ3n) is 2.46. The molecular weight excluding hydrogens is 276 g/mol. The second-order valence-electron chi connectivity index (χ2n) is 3.98. The molecule has 0 spiro atoms. The molecule has 1 amide bonds. The van der Waals surface area contributed by atoms with Crippen molar-refractivity contribution in [3.8, 4) is 0 Å². The number of pyridine rings is 1. The zero-order chi connectivity index (χ0) is 14.4. The van der Waals surface area contributed by atoms with Crippen LogP contribution in [0.4, 0.5) is 11.4 Å². The van der Waals surface area contributed by atoms with Gasteiger partial charge in [0.2, 0.25) is 0 Å². The number of hydrogen-bond acceptors (Lipinski definition) is 3. The van der Waals surface area contributed by atoms with E-state index in [4.69, 9.17) is 17.3 Å². The maximum absolute atomic E-state index is 11.9. The van der Waals surface area contributed by atoms with Crippen LogP contribution in [0.15, 0.2) is 53.8 Å². The Balaban J connectivity index is 2.06. The topological polar surface area (TPSA) is 80.4 Å². The molecule has 6 heteroatoms. The van der Waals surface area contributed by atoms with E-state index in [0.717, 1.165) is 0 Å². The van der Waals surface area contributed by atoms with Crippen LogP contribution in [0, 0.1) is 0 Å². The van der Waals surface area contributed by atoms with Gasteiger partial charge in [0.1, 0.15) is 5.84 Å². The number of hydrogen-bond donors (Lipinski definition) is 2. The van der Waals surface area contributed by atoms with Gasteiger partial charge >= 0.3 is 0 Å². The molecule has 0 atom stereocenters. The van der Waals surface area contributed by atoms with Crippen molar-refractivity contribution in [1.29, 1.82) is 0 Å². The number of halogens is 1. The number of nitrogens with one attached hydrogen (secondary N) is 1. The van der Waals surface area contributed by atoms with Gasteiger partial charge in [-0.15, -0.1) is 11.6 Å². The molecule has 0 radical (unpaired) electrons. The minimum Gasteiger partial charge on any atom is -0.386 e. The number of alkyl halides is 1. The van der Waals surface area contributed by atoms with E-state index in [9.17, 15) is 4.79 Å². The van der Waals surface area contributed by atoms with Gasteiger partial charge in [0.15, 0.2) is 0 Å². The highest BCUT2D eigenvalue weighted by Gasteiger charge is 2.05. The maximum Gasteiger partial charge on any atom is 0.257 e. The molecule has 1 aromatic heterocycles. The molecule has 0 saturated carbocycles. The number of anilines is 1. The Labute approximate surface area is 121 Å². The highest BCUT2D eigenvalue weighted by atomic mass is 35.5. The molecule has 0 aliphatic heterocycles. The average Bonchev–Trinajstić information content (AvgIpc) is 2.50. The number of carbonyl (C=O) groups excluding carboxylic acids is 1. The van der Waals surface area contributed by atoms with E-state index in [1.165, 1.54) is 6.20 Å². The van der Waals surface area contributed by atoms with Gasteiger partial charge in [-0.1, -0.05) is 0 Å². The highest BCUT2D eigenvalue weighted by molar-refractivity contribution is 6.28. The van der Waals surface area contributed by atoms with Crippen molar-refractivity contribution in [1.82, 2.24) is 4.98 Å². The zero-order valence-corrected chi connectivity index (χ0v) is 11.3. The van der Waals surface area contributed by atoms with E-state index in [2.05, 4.69) is 15.3 Å². The van der Waals surface area contributed by atoms with E-state index < -0.39 is 0 Å². The fourth-order valence-corrected chi connectivity index (χ4v) is 1.58. The summed E-state index contributed by atoms with van der Waals surface area (Å²) in [5.41, 5.74) is 7.39. The predicted octanol–water partition coefficient (Wildman–Crippen LogP) is 2.56. The van der Waals surface area contributed by atoms with Crippen LogP contribution in [0.5, 0.6) is 0 Å². The van der Waals surface area contributed by atoms with Crippen LogP contribution < -0.4 is 11.1 Å². The second-order valence-corrected chi connectivity index (χ2v) is 4.25. The van der Waals surface area contributed by atoms with Crippen LogP contribution in [0.2, 0.25) is 0 Å². The minimum absolute atomic E-state index is 0.180. The van der Waals surface area contributed by atoms with Crippen molar-refractivity contribution in [2.24, 2.45) is 10.7 Å². The van der Waals surface area contributed by atoms with Gasteiger partial charge in [-0.25, -0.2) is 4.99 Å². The molecule has 1 heterocycles. The van der Waals surface area contributed by atoms with E-state index in [-0.39, 0.29) is 11.8 Å². The summed E-state index contributed by atoms with van der Waals surface area (Å²) >= 11 is 5.55. The summed E-state index contributed by atoms with van der Waals surface area (Å²) in [6.45, 7) is 0. The number of nitrogens with zero attached hydrogens (tertiary/aromatic N) is 2. The van der Waals surface area contributed by atoms with Crippen molar-refractivity contribution < 1.29 is 4.79 Å². The number of rotatable bonds is 4. The molecule has 1 aromatic carbocycles.